The van der Waals surface area contributed by atoms with E-state index in [0.29, 0.717) is 18.2 Å². The molecule has 0 aliphatic carbocycles. The van der Waals surface area contributed by atoms with Gasteiger partial charge in [-0.25, -0.2) is 0 Å². The molecule has 2 heterocycles. The van der Waals surface area contributed by atoms with Crippen LogP contribution in [0.3, 0.4) is 0 Å². The predicted molar refractivity (Wildman–Crippen MR) is 139 cm³/mol. The Morgan fingerprint density at radius 1 is 0.743 bits per heavy atom. The Morgan fingerprint density at radius 3 is 2.03 bits per heavy atom. The summed E-state index contributed by atoms with van der Waals surface area (Å²) in [6, 6.07) is 25.2. The molecule has 2 saturated heterocycles. The van der Waals surface area contributed by atoms with Crippen molar-refractivity contribution >= 4 is 29.1 Å². The quantitative estimate of drug-likeness (QED) is 0.564. The van der Waals surface area contributed by atoms with Crippen LogP contribution in [-0.4, -0.2) is 71.8 Å². The highest BCUT2D eigenvalue weighted by Gasteiger charge is 2.36. The number of likely N-dealkylation sites (tertiary alicyclic amines) is 1. The van der Waals surface area contributed by atoms with Gasteiger partial charge in [-0.1, -0.05) is 48.0 Å². The third kappa shape index (κ3) is 5.34. The highest BCUT2D eigenvalue weighted by atomic mass is 35.5. The lowest BCUT2D eigenvalue weighted by Gasteiger charge is -2.48. The van der Waals surface area contributed by atoms with Crippen LogP contribution in [-0.2, 0) is 6.54 Å². The molecule has 2 aliphatic heterocycles. The van der Waals surface area contributed by atoms with Gasteiger partial charge in [-0.05, 0) is 48.0 Å². The van der Waals surface area contributed by atoms with E-state index in [9.17, 15) is 9.59 Å². The summed E-state index contributed by atoms with van der Waals surface area (Å²) in [5, 5.41) is 4.09. The maximum absolute atomic E-state index is 12.9. The summed E-state index contributed by atoms with van der Waals surface area (Å²) in [7, 11) is 0. The van der Waals surface area contributed by atoms with Gasteiger partial charge in [0, 0.05) is 73.7 Å². The van der Waals surface area contributed by atoms with Gasteiger partial charge in [0.05, 0.1) is 0 Å². The van der Waals surface area contributed by atoms with Crippen molar-refractivity contribution in [2.75, 3.05) is 44.6 Å². The third-order valence-corrected chi connectivity index (χ3v) is 7.23. The lowest BCUT2D eigenvalue weighted by molar-refractivity contribution is 0.00854. The van der Waals surface area contributed by atoms with Crippen molar-refractivity contribution in [1.82, 2.24) is 14.7 Å². The summed E-state index contributed by atoms with van der Waals surface area (Å²) in [4.78, 5) is 31.8. The fourth-order valence-corrected chi connectivity index (χ4v) is 4.86. The number of hydrogen-bond donors (Lipinski definition) is 1. The SMILES string of the molecule is O=C(c1ccccc1)N1CCN(C2CN(C(=O)c3ccc(NCc4ccccc4Cl)cc3)C2)CC1. The van der Waals surface area contributed by atoms with Crippen LogP contribution in [0.15, 0.2) is 78.9 Å². The predicted octanol–water partition coefficient (Wildman–Crippen LogP) is 4.23. The normalized spacial score (nSPS) is 16.6. The fraction of sp³-hybridized carbons (Fsp3) is 0.286. The number of benzene rings is 3. The number of amides is 2. The topological polar surface area (TPSA) is 55.9 Å². The molecule has 0 spiro atoms. The van der Waals surface area contributed by atoms with E-state index < -0.39 is 0 Å². The lowest BCUT2D eigenvalue weighted by atomic mass is 10.0. The molecule has 0 saturated carbocycles. The number of nitrogens with zero attached hydrogens (tertiary/aromatic N) is 3. The molecule has 0 bridgehead atoms. The van der Waals surface area contributed by atoms with Gasteiger partial charge in [0.25, 0.3) is 11.8 Å². The number of carbonyl (C=O) groups is 2. The maximum atomic E-state index is 12.9. The van der Waals surface area contributed by atoms with Crippen LogP contribution in [0.4, 0.5) is 5.69 Å². The molecule has 0 atom stereocenters. The number of nitrogens with one attached hydrogen (secondary N) is 1. The molecule has 1 N–H and O–H groups in total. The average Bonchev–Trinajstić information content (AvgIpc) is 2.88. The second kappa shape index (κ2) is 10.5. The molecule has 5 rings (SSSR count). The summed E-state index contributed by atoms with van der Waals surface area (Å²) in [5.74, 6) is 0.164. The van der Waals surface area contributed by atoms with E-state index in [2.05, 4.69) is 10.2 Å². The summed E-state index contributed by atoms with van der Waals surface area (Å²) in [6.07, 6.45) is 0. The number of hydrogen-bond acceptors (Lipinski definition) is 4. The van der Waals surface area contributed by atoms with E-state index in [4.69, 9.17) is 11.6 Å². The molecule has 3 aromatic rings. The average molecular weight is 489 g/mol. The van der Waals surface area contributed by atoms with E-state index in [1.165, 1.54) is 0 Å². The fourth-order valence-electron chi connectivity index (χ4n) is 4.66. The zero-order valence-corrected chi connectivity index (χ0v) is 20.3. The van der Waals surface area contributed by atoms with Crippen LogP contribution in [0.1, 0.15) is 26.3 Å². The Kier molecular flexibility index (Phi) is 7.02. The molecule has 35 heavy (non-hydrogen) atoms. The molecule has 2 aliphatic rings. The van der Waals surface area contributed by atoms with Gasteiger partial charge in [-0.15, -0.1) is 0 Å². The van der Waals surface area contributed by atoms with Crippen molar-refractivity contribution in [2.24, 2.45) is 0 Å². The van der Waals surface area contributed by atoms with Crippen LogP contribution >= 0.6 is 11.6 Å². The monoisotopic (exact) mass is 488 g/mol. The first-order valence-corrected chi connectivity index (χ1v) is 12.4. The van der Waals surface area contributed by atoms with Crippen LogP contribution in [0.2, 0.25) is 5.02 Å². The van der Waals surface area contributed by atoms with Gasteiger partial charge in [0.1, 0.15) is 0 Å². The van der Waals surface area contributed by atoms with Gasteiger partial charge >= 0.3 is 0 Å². The van der Waals surface area contributed by atoms with Gasteiger partial charge in [-0.2, -0.15) is 0 Å². The van der Waals surface area contributed by atoms with Crippen molar-refractivity contribution in [1.29, 1.82) is 0 Å². The van der Waals surface area contributed by atoms with Crippen molar-refractivity contribution in [2.45, 2.75) is 12.6 Å². The minimum atomic E-state index is 0.0665. The Balaban J connectivity index is 1.07. The van der Waals surface area contributed by atoms with Crippen molar-refractivity contribution in [3.8, 4) is 0 Å². The molecular weight excluding hydrogens is 460 g/mol. The minimum Gasteiger partial charge on any atom is -0.381 e. The number of rotatable bonds is 6. The van der Waals surface area contributed by atoms with Gasteiger partial charge in [0.15, 0.2) is 0 Å². The summed E-state index contributed by atoms with van der Waals surface area (Å²) in [5.41, 5.74) is 3.42. The molecule has 0 unspecified atom stereocenters. The molecule has 2 fully saturated rings. The summed E-state index contributed by atoms with van der Waals surface area (Å²) < 4.78 is 0. The number of halogens is 1. The standard InChI is InChI=1S/C28H29ClN4O2/c29-26-9-5-4-8-23(26)18-30-24-12-10-22(11-13-24)28(35)33-19-25(20-33)31-14-16-32(17-15-31)27(34)21-6-2-1-3-7-21/h1-13,25,30H,14-20H2. The first-order chi connectivity index (χ1) is 17.1. The lowest BCUT2D eigenvalue weighted by Crippen LogP contribution is -2.64. The minimum absolute atomic E-state index is 0.0665. The van der Waals surface area contributed by atoms with Crippen LogP contribution in [0, 0.1) is 0 Å². The second-order valence-corrected chi connectivity index (χ2v) is 9.49. The Labute approximate surface area is 211 Å². The van der Waals surface area contributed by atoms with Crippen molar-refractivity contribution < 1.29 is 9.59 Å². The largest absolute Gasteiger partial charge is 0.381 e. The van der Waals surface area contributed by atoms with E-state index >= 15 is 0 Å². The van der Waals surface area contributed by atoms with E-state index in [0.717, 1.165) is 61.1 Å². The van der Waals surface area contributed by atoms with E-state index in [-0.39, 0.29) is 11.8 Å². The van der Waals surface area contributed by atoms with Crippen LogP contribution in [0.25, 0.3) is 0 Å². The number of anilines is 1. The molecule has 180 valence electrons. The first kappa shape index (κ1) is 23.4. The zero-order chi connectivity index (χ0) is 24.2. The molecule has 0 aromatic heterocycles. The molecule has 3 aromatic carbocycles. The molecule has 7 heteroatoms. The van der Waals surface area contributed by atoms with Crippen LogP contribution < -0.4 is 5.32 Å². The number of carbonyl (C=O) groups excluding carboxylic acids is 2. The van der Waals surface area contributed by atoms with Gasteiger partial charge in [-0.3, -0.25) is 14.5 Å². The van der Waals surface area contributed by atoms with E-state index in [1.807, 2.05) is 88.7 Å². The van der Waals surface area contributed by atoms with Gasteiger partial charge < -0.3 is 15.1 Å². The molecule has 0 radical (unpaired) electrons. The summed E-state index contributed by atoms with van der Waals surface area (Å²) in [6.45, 7) is 5.23. The third-order valence-electron chi connectivity index (χ3n) is 6.86. The molecule has 2 amide bonds. The molecular formula is C28H29ClN4O2. The Morgan fingerprint density at radius 2 is 1.34 bits per heavy atom. The van der Waals surface area contributed by atoms with E-state index in [1.54, 1.807) is 0 Å². The van der Waals surface area contributed by atoms with Crippen molar-refractivity contribution in [3.63, 3.8) is 0 Å². The number of piperazine rings is 1. The Bertz CT molecular complexity index is 1170. The zero-order valence-electron chi connectivity index (χ0n) is 19.6. The summed E-state index contributed by atoms with van der Waals surface area (Å²) >= 11 is 6.22. The Hall–Kier alpha value is -3.35. The van der Waals surface area contributed by atoms with Crippen molar-refractivity contribution in [3.05, 3.63) is 101 Å². The first-order valence-electron chi connectivity index (χ1n) is 12.0. The molecule has 6 nitrogen and oxygen atoms in total. The van der Waals surface area contributed by atoms with Crippen LogP contribution in [0.5, 0.6) is 0 Å². The highest BCUT2D eigenvalue weighted by molar-refractivity contribution is 6.31. The van der Waals surface area contributed by atoms with Gasteiger partial charge in [0.2, 0.25) is 0 Å². The smallest absolute Gasteiger partial charge is 0.253 e. The maximum Gasteiger partial charge on any atom is 0.253 e. The highest BCUT2D eigenvalue weighted by Crippen LogP contribution is 2.22. The second-order valence-electron chi connectivity index (χ2n) is 9.08.